The summed E-state index contributed by atoms with van der Waals surface area (Å²) in [4.78, 5) is 55.5. The van der Waals surface area contributed by atoms with E-state index in [1.165, 1.54) is 19.0 Å². The smallest absolute Gasteiger partial charge is 0.309 e. The second-order valence-electron chi connectivity index (χ2n) is 13.7. The fraction of sp³-hybridized carbons (Fsp3) is 0.562. The van der Waals surface area contributed by atoms with Gasteiger partial charge in [-0.3, -0.25) is 24.1 Å². The molecule has 1 aromatic carbocycles. The molecule has 0 aromatic heterocycles. The van der Waals surface area contributed by atoms with Crippen LogP contribution < -0.4 is 5.73 Å². The van der Waals surface area contributed by atoms with Crippen LogP contribution in [0.25, 0.3) is 0 Å². The average molecular weight is 597 g/mol. The number of aryl methyl sites for hydroxylation is 1. The molecule has 11 heteroatoms. The lowest BCUT2D eigenvalue weighted by Crippen LogP contribution is -2.69. The Balaban J connectivity index is 1.85. The molecule has 1 fully saturated rings. The molecule has 1 saturated carbocycles. The van der Waals surface area contributed by atoms with E-state index in [1.807, 2.05) is 26.8 Å². The zero-order chi connectivity index (χ0) is 32.1. The lowest BCUT2D eigenvalue weighted by Gasteiger charge is -2.54. The lowest BCUT2D eigenvalue weighted by atomic mass is 9.54. The van der Waals surface area contributed by atoms with Crippen molar-refractivity contribution in [3.8, 4) is 5.75 Å². The number of nitrogens with two attached hydrogens (primary N) is 1. The highest BCUT2D eigenvalue weighted by Crippen LogP contribution is 2.57. The summed E-state index contributed by atoms with van der Waals surface area (Å²) in [5.41, 5.74) is 2.26. The predicted molar refractivity (Wildman–Crippen MR) is 154 cm³/mol. The molecule has 43 heavy (non-hydrogen) atoms. The molecule has 0 radical (unpaired) electrons. The number of esters is 1. The third kappa shape index (κ3) is 4.15. The quantitative estimate of drug-likeness (QED) is 0.255. The van der Waals surface area contributed by atoms with Crippen molar-refractivity contribution in [1.29, 1.82) is 0 Å². The number of aliphatic hydroxyl groups excluding tert-OH is 2. The number of fused-ring (bicyclic) bond motifs is 3. The number of aromatic hydroxyl groups is 1. The first-order valence-electron chi connectivity index (χ1n) is 14.6. The van der Waals surface area contributed by atoms with Gasteiger partial charge in [0.05, 0.1) is 23.4 Å². The number of benzene rings is 1. The number of nitrogens with zero attached hydrogens (tertiary/aromatic N) is 1. The van der Waals surface area contributed by atoms with Crippen LogP contribution in [0.3, 0.4) is 0 Å². The van der Waals surface area contributed by atoms with Crippen molar-refractivity contribution in [2.75, 3.05) is 14.1 Å². The van der Waals surface area contributed by atoms with Crippen LogP contribution in [0.2, 0.25) is 0 Å². The van der Waals surface area contributed by atoms with Crippen LogP contribution in [-0.4, -0.2) is 80.6 Å². The summed E-state index contributed by atoms with van der Waals surface area (Å²) >= 11 is 0. The summed E-state index contributed by atoms with van der Waals surface area (Å²) in [5.74, 6) is -9.81. The van der Waals surface area contributed by atoms with Gasteiger partial charge < -0.3 is 30.9 Å². The molecule has 4 aliphatic rings. The lowest BCUT2D eigenvalue weighted by molar-refractivity contribution is -0.185. The Labute approximate surface area is 250 Å². The highest BCUT2D eigenvalue weighted by molar-refractivity contribution is 6.25. The molecule has 1 aromatic rings. The summed E-state index contributed by atoms with van der Waals surface area (Å²) in [7, 11) is 3.05. The number of phenols is 1. The maximum atomic E-state index is 14.4. The molecule has 5 rings (SSSR count). The fourth-order valence-electron chi connectivity index (χ4n) is 7.58. The molecular formula is C32H40N2O9. The van der Waals surface area contributed by atoms with E-state index in [1.54, 1.807) is 13.8 Å². The standard InChI is InChI=1S/C32H40N2O9/c1-12-11-15(31(3,4)5)23(35)18-16(12)13(2)17-19(24(18)36)27(38)32(42)21(26(17)43-30(41)14-9-8-10-14)22(34(6)7)25(37)20(28(32)39)29(33)40/h11,13-14,17,21-22,26,35,37-38,42H,8-10H2,1-7H3,(H2,33,40)/t13-,17+,21+,22-,26-,32-/m0/s1. The highest BCUT2D eigenvalue weighted by Gasteiger charge is 2.69. The Morgan fingerprint density at radius 2 is 1.72 bits per heavy atom. The number of hydrogen-bond acceptors (Lipinski definition) is 10. The zero-order valence-corrected chi connectivity index (χ0v) is 25.5. The van der Waals surface area contributed by atoms with Gasteiger partial charge >= 0.3 is 5.97 Å². The van der Waals surface area contributed by atoms with Gasteiger partial charge in [0.1, 0.15) is 28.9 Å². The van der Waals surface area contributed by atoms with E-state index in [4.69, 9.17) is 10.5 Å². The Hall–Kier alpha value is -3.70. The highest BCUT2D eigenvalue weighted by atomic mass is 16.5. The number of Topliss-reactive ketones (excluding diaryl/α,β-unsaturated/α-hetero) is 2. The summed E-state index contributed by atoms with van der Waals surface area (Å²) in [6.45, 7) is 9.20. The molecule has 0 bridgehead atoms. The van der Waals surface area contributed by atoms with E-state index in [0.717, 1.165) is 6.42 Å². The van der Waals surface area contributed by atoms with Crippen molar-refractivity contribution in [3.63, 3.8) is 0 Å². The van der Waals surface area contributed by atoms with E-state index in [2.05, 4.69) is 0 Å². The minimum atomic E-state index is -2.96. The number of hydrogen-bond donors (Lipinski definition) is 5. The van der Waals surface area contributed by atoms with E-state index in [-0.39, 0.29) is 16.9 Å². The number of aliphatic hydroxyl groups is 3. The van der Waals surface area contributed by atoms with Crippen molar-refractivity contribution < 1.29 is 44.3 Å². The predicted octanol–water partition coefficient (Wildman–Crippen LogP) is 2.61. The molecule has 11 nitrogen and oxygen atoms in total. The third-order valence-corrected chi connectivity index (χ3v) is 9.90. The first-order valence-corrected chi connectivity index (χ1v) is 14.6. The number of primary amides is 1. The van der Waals surface area contributed by atoms with Gasteiger partial charge in [0, 0.05) is 17.1 Å². The van der Waals surface area contributed by atoms with Crippen molar-refractivity contribution >= 4 is 23.4 Å². The first-order chi connectivity index (χ1) is 19.9. The van der Waals surface area contributed by atoms with E-state index < -0.39 is 87.4 Å². The minimum Gasteiger partial charge on any atom is -0.510 e. The summed E-state index contributed by atoms with van der Waals surface area (Å²) in [5, 5.41) is 46.7. The van der Waals surface area contributed by atoms with Crippen molar-refractivity contribution in [3.05, 3.63) is 51.0 Å². The van der Waals surface area contributed by atoms with Crippen LogP contribution in [0.1, 0.15) is 79.9 Å². The number of amides is 1. The van der Waals surface area contributed by atoms with Crippen molar-refractivity contribution in [1.82, 2.24) is 4.90 Å². The molecule has 0 spiro atoms. The van der Waals surface area contributed by atoms with Gasteiger partial charge in [-0.25, -0.2) is 0 Å². The Bertz CT molecular complexity index is 1530. The molecular weight excluding hydrogens is 556 g/mol. The third-order valence-electron chi connectivity index (χ3n) is 9.90. The Morgan fingerprint density at radius 1 is 1.12 bits per heavy atom. The number of phenolic OH excluding ortho intramolecular Hbond substituents is 1. The van der Waals surface area contributed by atoms with Crippen LogP contribution in [0.5, 0.6) is 5.75 Å². The molecule has 0 saturated heterocycles. The number of carbonyl (C=O) groups excluding carboxylic acids is 4. The van der Waals surface area contributed by atoms with Crippen LogP contribution in [0, 0.1) is 24.7 Å². The fourth-order valence-corrected chi connectivity index (χ4v) is 7.58. The van der Waals surface area contributed by atoms with Crippen LogP contribution in [-0.2, 0) is 24.5 Å². The Morgan fingerprint density at radius 3 is 2.21 bits per heavy atom. The normalized spacial score (nSPS) is 31.0. The number of rotatable bonds is 4. The van der Waals surface area contributed by atoms with E-state index in [0.29, 0.717) is 29.5 Å². The van der Waals surface area contributed by atoms with Gasteiger partial charge in [0.2, 0.25) is 5.78 Å². The van der Waals surface area contributed by atoms with E-state index >= 15 is 0 Å². The number of ketones is 2. The largest absolute Gasteiger partial charge is 0.510 e. The molecule has 6 atom stereocenters. The van der Waals surface area contributed by atoms with Crippen molar-refractivity contribution in [2.45, 2.75) is 83.0 Å². The summed E-state index contributed by atoms with van der Waals surface area (Å²) in [6.07, 6.45) is 0.611. The topological polar surface area (TPSA) is 188 Å². The van der Waals surface area contributed by atoms with Gasteiger partial charge in [-0.15, -0.1) is 0 Å². The molecule has 0 heterocycles. The number of carbonyl (C=O) groups is 4. The van der Waals surface area contributed by atoms with Crippen LogP contribution >= 0.6 is 0 Å². The van der Waals surface area contributed by atoms with Gasteiger partial charge in [-0.2, -0.15) is 0 Å². The van der Waals surface area contributed by atoms with Gasteiger partial charge in [0.25, 0.3) is 5.91 Å². The molecule has 0 aliphatic heterocycles. The molecule has 6 N–H and O–H groups in total. The monoisotopic (exact) mass is 596 g/mol. The van der Waals surface area contributed by atoms with Gasteiger partial charge in [-0.05, 0) is 56.3 Å². The maximum Gasteiger partial charge on any atom is 0.309 e. The second-order valence-corrected chi connectivity index (χ2v) is 13.7. The van der Waals surface area contributed by atoms with Gasteiger partial charge in [0.15, 0.2) is 11.4 Å². The molecule has 1 amide bonds. The van der Waals surface area contributed by atoms with Crippen LogP contribution in [0.15, 0.2) is 28.7 Å². The summed E-state index contributed by atoms with van der Waals surface area (Å²) < 4.78 is 6.11. The number of likely N-dealkylation sites (N-methyl/N-ethyl adjacent to an activating group) is 1. The van der Waals surface area contributed by atoms with Crippen LogP contribution in [0.4, 0.5) is 0 Å². The molecule has 0 unspecified atom stereocenters. The maximum absolute atomic E-state index is 14.4. The SMILES string of the molecule is Cc1cc(C(C)(C)C)c(O)c2c1[C@H](C)[C@@H]1C(=C(O)[C@]3(O)C(=O)C(C(N)=O)=C(O)[C@@H](N(C)C)[C@@H]3[C@H]1OC(=O)C1CCC1)C2=O. The Kier molecular flexibility index (Phi) is 7.09. The van der Waals surface area contributed by atoms with Gasteiger partial charge in [-0.1, -0.05) is 40.2 Å². The second kappa shape index (κ2) is 9.92. The van der Waals surface area contributed by atoms with E-state index in [9.17, 15) is 39.6 Å². The van der Waals surface area contributed by atoms with Crippen molar-refractivity contribution in [2.24, 2.45) is 23.5 Å². The molecule has 232 valence electrons. The summed E-state index contributed by atoms with van der Waals surface area (Å²) in [6, 6.07) is 0.496. The first kappa shape index (κ1) is 30.7. The minimum absolute atomic E-state index is 0.0673. The average Bonchev–Trinajstić information content (AvgIpc) is 2.84. The number of ether oxygens (including phenoxy) is 1. The molecule has 4 aliphatic carbocycles. The zero-order valence-electron chi connectivity index (χ0n) is 25.5.